The number of nitrogens with zero attached hydrogens (tertiary/aromatic N) is 2. The quantitative estimate of drug-likeness (QED) is 0.933. The maximum Gasteiger partial charge on any atom is 0.254 e. The van der Waals surface area contributed by atoms with Gasteiger partial charge in [-0.3, -0.25) is 9.78 Å². The molecule has 0 unspecified atom stereocenters. The Bertz CT molecular complexity index is 748. The average Bonchev–Trinajstić information content (AvgIpc) is 2.61. The Morgan fingerprint density at radius 2 is 1.76 bits per heavy atom. The summed E-state index contributed by atoms with van der Waals surface area (Å²) in [6.07, 6.45) is 8.38. The number of likely N-dealkylation sites (tertiary alicyclic amines) is 1. The fourth-order valence-corrected chi connectivity index (χ4v) is 4.07. The summed E-state index contributed by atoms with van der Waals surface area (Å²) in [4.78, 5) is 19.0. The summed E-state index contributed by atoms with van der Waals surface area (Å²) in [7, 11) is 0. The molecule has 4 nitrogen and oxygen atoms in total. The van der Waals surface area contributed by atoms with Crippen molar-refractivity contribution in [2.45, 2.75) is 37.7 Å². The molecule has 2 aromatic rings. The summed E-state index contributed by atoms with van der Waals surface area (Å²) in [5.74, 6) is 0.497. The monoisotopic (exact) mass is 336 g/mol. The van der Waals surface area contributed by atoms with Crippen LogP contribution in [-0.4, -0.2) is 39.6 Å². The lowest BCUT2D eigenvalue weighted by molar-refractivity contribution is -0.0861. The summed E-state index contributed by atoms with van der Waals surface area (Å²) >= 11 is 0. The van der Waals surface area contributed by atoms with Crippen molar-refractivity contribution >= 4 is 5.91 Å². The second kappa shape index (κ2) is 6.60. The second-order valence-electron chi connectivity index (χ2n) is 7.31. The number of pyridine rings is 1. The molecular weight excluding hydrogens is 312 g/mol. The van der Waals surface area contributed by atoms with Crippen molar-refractivity contribution in [3.8, 4) is 11.1 Å². The van der Waals surface area contributed by atoms with Crippen LogP contribution in [-0.2, 0) is 0 Å². The lowest BCUT2D eigenvalue weighted by atomic mass is 9.69. The number of rotatable bonds is 3. The maximum atomic E-state index is 13.1. The predicted molar refractivity (Wildman–Crippen MR) is 97.1 cm³/mol. The van der Waals surface area contributed by atoms with E-state index in [-0.39, 0.29) is 5.91 Å². The van der Waals surface area contributed by atoms with Crippen molar-refractivity contribution in [3.05, 3.63) is 54.4 Å². The summed E-state index contributed by atoms with van der Waals surface area (Å²) in [6, 6.07) is 11.6. The smallest absolute Gasteiger partial charge is 0.254 e. The summed E-state index contributed by atoms with van der Waals surface area (Å²) in [5, 5.41) is 10.8. The predicted octanol–water partition coefficient (Wildman–Crippen LogP) is 3.52. The van der Waals surface area contributed by atoms with Crippen molar-refractivity contribution in [1.29, 1.82) is 0 Å². The van der Waals surface area contributed by atoms with Crippen LogP contribution in [0.1, 0.15) is 42.5 Å². The Labute approximate surface area is 148 Å². The average molecular weight is 336 g/mol. The van der Waals surface area contributed by atoms with Crippen LogP contribution in [0.4, 0.5) is 0 Å². The van der Waals surface area contributed by atoms with Crippen LogP contribution < -0.4 is 0 Å². The molecule has 1 aliphatic carbocycles. The van der Waals surface area contributed by atoms with Crippen molar-refractivity contribution in [2.24, 2.45) is 5.92 Å². The number of hydrogen-bond donors (Lipinski definition) is 1. The molecule has 1 aliphatic heterocycles. The Kier molecular flexibility index (Phi) is 4.30. The van der Waals surface area contributed by atoms with E-state index in [1.165, 1.54) is 6.42 Å². The number of carbonyl (C=O) groups excluding carboxylic acids is 1. The summed E-state index contributed by atoms with van der Waals surface area (Å²) in [5.41, 5.74) is 2.11. The Balaban J connectivity index is 1.53. The molecule has 25 heavy (non-hydrogen) atoms. The summed E-state index contributed by atoms with van der Waals surface area (Å²) < 4.78 is 0. The molecule has 4 heteroatoms. The normalized spacial score (nSPS) is 20.1. The highest BCUT2D eigenvalue weighted by Gasteiger charge is 2.43. The van der Waals surface area contributed by atoms with Crippen LogP contribution in [0.15, 0.2) is 48.8 Å². The highest BCUT2D eigenvalue weighted by atomic mass is 16.3. The molecule has 1 amide bonds. The minimum absolute atomic E-state index is 0.0584. The van der Waals surface area contributed by atoms with E-state index in [0.717, 1.165) is 29.5 Å². The van der Waals surface area contributed by atoms with E-state index in [1.807, 2.05) is 41.3 Å². The number of aliphatic hydroxyl groups is 1. The zero-order valence-corrected chi connectivity index (χ0v) is 14.4. The molecule has 130 valence electrons. The SMILES string of the molecule is O=C(c1ccccc1-c1ccncc1)N1CCC(O)(C2CCC2)CC1. The van der Waals surface area contributed by atoms with Crippen LogP contribution in [0, 0.1) is 5.92 Å². The fourth-order valence-electron chi connectivity index (χ4n) is 4.07. The van der Waals surface area contributed by atoms with Gasteiger partial charge in [0.15, 0.2) is 0 Å². The van der Waals surface area contributed by atoms with Crippen molar-refractivity contribution < 1.29 is 9.90 Å². The van der Waals surface area contributed by atoms with Gasteiger partial charge in [-0.2, -0.15) is 0 Å². The zero-order chi connectivity index (χ0) is 17.3. The Morgan fingerprint density at radius 1 is 1.08 bits per heavy atom. The van der Waals surface area contributed by atoms with Crippen LogP contribution >= 0.6 is 0 Å². The van der Waals surface area contributed by atoms with Crippen LogP contribution in [0.3, 0.4) is 0 Å². The molecule has 4 rings (SSSR count). The van der Waals surface area contributed by atoms with E-state index in [2.05, 4.69) is 4.98 Å². The first-order chi connectivity index (χ1) is 12.2. The molecule has 2 fully saturated rings. The molecule has 2 heterocycles. The van der Waals surface area contributed by atoms with Gasteiger partial charge in [0.05, 0.1) is 5.60 Å². The van der Waals surface area contributed by atoms with E-state index in [1.54, 1.807) is 12.4 Å². The van der Waals surface area contributed by atoms with Crippen LogP contribution in [0.5, 0.6) is 0 Å². The Morgan fingerprint density at radius 3 is 2.40 bits per heavy atom. The van der Waals surface area contributed by atoms with E-state index in [4.69, 9.17) is 0 Å². The van der Waals surface area contributed by atoms with E-state index in [0.29, 0.717) is 31.8 Å². The number of hydrogen-bond acceptors (Lipinski definition) is 3. The largest absolute Gasteiger partial charge is 0.389 e. The number of piperidine rings is 1. The molecule has 1 N–H and O–H groups in total. The summed E-state index contributed by atoms with van der Waals surface area (Å²) in [6.45, 7) is 1.27. The van der Waals surface area contributed by atoms with Gasteiger partial charge in [0.25, 0.3) is 5.91 Å². The molecule has 1 aromatic carbocycles. The lowest BCUT2D eigenvalue weighted by Gasteiger charge is -2.46. The highest BCUT2D eigenvalue weighted by Crippen LogP contribution is 2.42. The van der Waals surface area contributed by atoms with E-state index >= 15 is 0 Å². The van der Waals surface area contributed by atoms with E-state index in [9.17, 15) is 9.90 Å². The lowest BCUT2D eigenvalue weighted by Crippen LogP contribution is -2.52. The van der Waals surface area contributed by atoms with Crippen molar-refractivity contribution in [3.63, 3.8) is 0 Å². The zero-order valence-electron chi connectivity index (χ0n) is 14.4. The standard InChI is InChI=1S/C21H24N2O2/c24-20(23-14-10-21(25,11-15-23)17-4-3-5-17)19-7-2-1-6-18(19)16-8-12-22-13-9-16/h1-2,6-9,12-13,17,25H,3-5,10-11,14-15H2. The third-order valence-electron chi connectivity index (χ3n) is 5.93. The van der Waals surface area contributed by atoms with Gasteiger partial charge in [0, 0.05) is 31.0 Å². The highest BCUT2D eigenvalue weighted by molar-refractivity contribution is 6.00. The maximum absolute atomic E-state index is 13.1. The molecule has 2 aliphatic rings. The molecule has 0 radical (unpaired) electrons. The van der Waals surface area contributed by atoms with Gasteiger partial charge >= 0.3 is 0 Å². The fraction of sp³-hybridized carbons (Fsp3) is 0.429. The third-order valence-corrected chi connectivity index (χ3v) is 5.93. The van der Waals surface area contributed by atoms with Gasteiger partial charge < -0.3 is 10.0 Å². The Hall–Kier alpha value is -2.20. The minimum atomic E-state index is -0.556. The number of amides is 1. The van der Waals surface area contributed by atoms with Crippen LogP contribution in [0.2, 0.25) is 0 Å². The first kappa shape index (κ1) is 16.3. The molecule has 1 saturated heterocycles. The number of benzene rings is 1. The molecule has 0 atom stereocenters. The van der Waals surface area contributed by atoms with Gasteiger partial charge in [0.1, 0.15) is 0 Å². The molecular formula is C21H24N2O2. The molecule has 0 bridgehead atoms. The van der Waals surface area contributed by atoms with Gasteiger partial charge in [-0.1, -0.05) is 24.6 Å². The molecule has 0 spiro atoms. The molecule has 1 aromatic heterocycles. The van der Waals surface area contributed by atoms with Gasteiger partial charge in [-0.05, 0) is 60.9 Å². The minimum Gasteiger partial charge on any atom is -0.389 e. The van der Waals surface area contributed by atoms with Crippen molar-refractivity contribution in [2.75, 3.05) is 13.1 Å². The first-order valence-corrected chi connectivity index (χ1v) is 9.18. The third kappa shape index (κ3) is 3.07. The van der Waals surface area contributed by atoms with Crippen LogP contribution in [0.25, 0.3) is 11.1 Å². The second-order valence-corrected chi connectivity index (χ2v) is 7.31. The van der Waals surface area contributed by atoms with Crippen molar-refractivity contribution in [1.82, 2.24) is 9.88 Å². The first-order valence-electron chi connectivity index (χ1n) is 9.18. The van der Waals surface area contributed by atoms with Gasteiger partial charge in [-0.25, -0.2) is 0 Å². The van der Waals surface area contributed by atoms with Gasteiger partial charge in [0.2, 0.25) is 0 Å². The van der Waals surface area contributed by atoms with E-state index < -0.39 is 5.60 Å². The topological polar surface area (TPSA) is 53.4 Å². The number of carbonyl (C=O) groups is 1. The van der Waals surface area contributed by atoms with Gasteiger partial charge in [-0.15, -0.1) is 0 Å². The number of aromatic nitrogens is 1. The molecule has 1 saturated carbocycles.